The van der Waals surface area contributed by atoms with Gasteiger partial charge in [0.15, 0.2) is 5.96 Å². The van der Waals surface area contributed by atoms with Gasteiger partial charge >= 0.3 is 0 Å². The van der Waals surface area contributed by atoms with E-state index in [1.165, 1.54) is 6.42 Å². The van der Waals surface area contributed by atoms with Crippen molar-refractivity contribution >= 4 is 11.9 Å². The normalized spacial score (nSPS) is 16.6. The summed E-state index contributed by atoms with van der Waals surface area (Å²) < 4.78 is 5.56. The van der Waals surface area contributed by atoms with E-state index >= 15 is 0 Å². The quantitative estimate of drug-likeness (QED) is 0.467. The topological polar surface area (TPSA) is 90.1 Å². The number of carbonyl (C=O) groups is 1. The van der Waals surface area contributed by atoms with Crippen LogP contribution >= 0.6 is 0 Å². The molecule has 1 unspecified atom stereocenters. The number of benzene rings is 1. The van der Waals surface area contributed by atoms with Gasteiger partial charge in [0.25, 0.3) is 5.91 Å². The summed E-state index contributed by atoms with van der Waals surface area (Å²) in [5.74, 6) is 2.00. The summed E-state index contributed by atoms with van der Waals surface area (Å²) in [5, 5.41) is 17.1. The molecule has 1 atom stereocenters. The van der Waals surface area contributed by atoms with Gasteiger partial charge in [0.1, 0.15) is 17.1 Å². The fourth-order valence-electron chi connectivity index (χ4n) is 3.61. The minimum Gasteiger partial charge on any atom is -0.463 e. The Morgan fingerprint density at radius 2 is 1.84 bits per heavy atom. The zero-order chi connectivity index (χ0) is 22.3. The van der Waals surface area contributed by atoms with Crippen molar-refractivity contribution in [3.8, 4) is 0 Å². The summed E-state index contributed by atoms with van der Waals surface area (Å²) >= 11 is 0. The second-order valence-corrected chi connectivity index (χ2v) is 8.28. The van der Waals surface area contributed by atoms with Crippen molar-refractivity contribution in [1.82, 2.24) is 15.5 Å². The molecule has 3 rings (SSSR count). The zero-order valence-corrected chi connectivity index (χ0v) is 18.8. The van der Waals surface area contributed by atoms with Crippen molar-refractivity contribution in [1.29, 1.82) is 0 Å². The molecule has 2 aromatic rings. The number of hydrogen-bond acceptors (Lipinski definition) is 4. The van der Waals surface area contributed by atoms with E-state index < -0.39 is 5.60 Å². The standard InChI is InChI=1S/C24H34N4O3/c1-4-25-23(27-17-24(3,30)21-13-8-18(2)31-21)26-16-19-9-11-20(12-10-19)22(29)28-14-6-5-7-15-28/h8-13,30H,4-7,14-17H2,1-3H3,(H2,25,26,27). The van der Waals surface area contributed by atoms with Crippen molar-refractivity contribution < 1.29 is 14.3 Å². The first-order valence-electron chi connectivity index (χ1n) is 11.1. The van der Waals surface area contributed by atoms with Gasteiger partial charge in [0, 0.05) is 25.2 Å². The number of aliphatic hydroxyl groups is 1. The van der Waals surface area contributed by atoms with E-state index in [0.717, 1.165) is 42.8 Å². The Labute approximate surface area is 184 Å². The second-order valence-electron chi connectivity index (χ2n) is 8.28. The van der Waals surface area contributed by atoms with E-state index in [-0.39, 0.29) is 12.5 Å². The molecule has 1 amide bonds. The predicted octanol–water partition coefficient (Wildman–Crippen LogP) is 3.18. The number of amides is 1. The maximum Gasteiger partial charge on any atom is 0.253 e. The lowest BCUT2D eigenvalue weighted by Crippen LogP contribution is -2.44. The van der Waals surface area contributed by atoms with Gasteiger partial charge in [-0.05, 0) is 69.9 Å². The number of nitrogens with zero attached hydrogens (tertiary/aromatic N) is 2. The molecule has 1 aromatic carbocycles. The van der Waals surface area contributed by atoms with E-state index in [4.69, 9.17) is 4.42 Å². The molecule has 0 radical (unpaired) electrons. The highest BCUT2D eigenvalue weighted by atomic mass is 16.4. The van der Waals surface area contributed by atoms with Crippen molar-refractivity contribution in [2.75, 3.05) is 26.2 Å². The van der Waals surface area contributed by atoms with Crippen LogP contribution in [0.4, 0.5) is 0 Å². The SMILES string of the molecule is CCNC(=NCc1ccc(C(=O)N2CCCCC2)cc1)NCC(C)(O)c1ccc(C)o1. The highest BCUT2D eigenvalue weighted by Crippen LogP contribution is 2.22. The summed E-state index contributed by atoms with van der Waals surface area (Å²) in [6.45, 7) is 8.69. The van der Waals surface area contributed by atoms with Gasteiger partial charge in [-0.25, -0.2) is 4.99 Å². The molecular formula is C24H34N4O3. The molecule has 1 saturated heterocycles. The lowest BCUT2D eigenvalue weighted by Gasteiger charge is -2.26. The maximum atomic E-state index is 12.6. The van der Waals surface area contributed by atoms with Crippen molar-refractivity contribution in [2.24, 2.45) is 4.99 Å². The van der Waals surface area contributed by atoms with Crippen LogP contribution in [0.25, 0.3) is 0 Å². The summed E-state index contributed by atoms with van der Waals surface area (Å²) in [4.78, 5) is 19.2. The molecule has 31 heavy (non-hydrogen) atoms. The fourth-order valence-corrected chi connectivity index (χ4v) is 3.61. The van der Waals surface area contributed by atoms with E-state index in [1.54, 1.807) is 13.0 Å². The summed E-state index contributed by atoms with van der Waals surface area (Å²) in [6.07, 6.45) is 3.38. The molecule has 0 spiro atoms. The van der Waals surface area contributed by atoms with Crippen molar-refractivity contribution in [2.45, 2.75) is 52.2 Å². The largest absolute Gasteiger partial charge is 0.463 e. The van der Waals surface area contributed by atoms with Gasteiger partial charge in [0.05, 0.1) is 13.1 Å². The van der Waals surface area contributed by atoms with Gasteiger partial charge in [0.2, 0.25) is 0 Å². The first-order valence-corrected chi connectivity index (χ1v) is 11.1. The Kier molecular flexibility index (Phi) is 7.74. The molecule has 3 N–H and O–H groups in total. The highest BCUT2D eigenvalue weighted by molar-refractivity contribution is 5.94. The lowest BCUT2D eigenvalue weighted by atomic mass is 10.0. The van der Waals surface area contributed by atoms with Gasteiger partial charge in [-0.15, -0.1) is 0 Å². The summed E-state index contributed by atoms with van der Waals surface area (Å²) in [5.41, 5.74) is 0.589. The molecule has 7 heteroatoms. The Hall–Kier alpha value is -2.80. The number of aliphatic imine (C=N–C) groups is 1. The van der Waals surface area contributed by atoms with E-state index in [0.29, 0.717) is 24.8 Å². The number of piperidine rings is 1. The van der Waals surface area contributed by atoms with E-state index in [2.05, 4.69) is 15.6 Å². The summed E-state index contributed by atoms with van der Waals surface area (Å²) in [6, 6.07) is 11.3. The number of rotatable bonds is 7. The third-order valence-electron chi connectivity index (χ3n) is 5.48. The van der Waals surface area contributed by atoms with Gasteiger partial charge < -0.3 is 25.1 Å². The molecule has 1 aliphatic heterocycles. The summed E-state index contributed by atoms with van der Waals surface area (Å²) in [7, 11) is 0. The second kappa shape index (κ2) is 10.5. The van der Waals surface area contributed by atoms with Crippen LogP contribution in [0, 0.1) is 6.92 Å². The van der Waals surface area contributed by atoms with E-state index in [1.807, 2.05) is 49.1 Å². The van der Waals surface area contributed by atoms with E-state index in [9.17, 15) is 9.90 Å². The van der Waals surface area contributed by atoms with Crippen molar-refractivity contribution in [3.05, 3.63) is 59.0 Å². The molecule has 2 heterocycles. The third kappa shape index (κ3) is 6.34. The van der Waals surface area contributed by atoms with Gasteiger partial charge in [-0.2, -0.15) is 0 Å². The molecule has 0 saturated carbocycles. The maximum absolute atomic E-state index is 12.6. The molecule has 0 bridgehead atoms. The van der Waals surface area contributed by atoms with Crippen LogP contribution in [0.5, 0.6) is 0 Å². The molecule has 168 valence electrons. The third-order valence-corrected chi connectivity index (χ3v) is 5.48. The number of nitrogens with one attached hydrogen (secondary N) is 2. The first kappa shape index (κ1) is 22.9. The smallest absolute Gasteiger partial charge is 0.253 e. The Balaban J connectivity index is 1.58. The number of carbonyl (C=O) groups excluding carboxylic acids is 1. The lowest BCUT2D eigenvalue weighted by molar-refractivity contribution is 0.0378. The first-order chi connectivity index (χ1) is 14.9. The minimum absolute atomic E-state index is 0.111. The number of furan rings is 1. The van der Waals surface area contributed by atoms with Crippen LogP contribution in [0.2, 0.25) is 0 Å². The average Bonchev–Trinajstić information content (AvgIpc) is 3.23. The molecule has 1 fully saturated rings. The van der Waals surface area contributed by atoms with Crippen LogP contribution in [-0.2, 0) is 12.1 Å². The molecule has 0 aliphatic carbocycles. The van der Waals surface area contributed by atoms with Crippen LogP contribution < -0.4 is 10.6 Å². The molecular weight excluding hydrogens is 392 g/mol. The zero-order valence-electron chi connectivity index (χ0n) is 18.8. The molecule has 7 nitrogen and oxygen atoms in total. The Bertz CT molecular complexity index is 880. The van der Waals surface area contributed by atoms with Gasteiger partial charge in [-0.3, -0.25) is 4.79 Å². The van der Waals surface area contributed by atoms with Crippen LogP contribution in [-0.4, -0.2) is 48.1 Å². The Morgan fingerprint density at radius 1 is 1.13 bits per heavy atom. The molecule has 1 aliphatic rings. The number of likely N-dealkylation sites (tertiary alicyclic amines) is 1. The number of guanidine groups is 1. The average molecular weight is 427 g/mol. The number of aryl methyl sites for hydroxylation is 1. The predicted molar refractivity (Wildman–Crippen MR) is 122 cm³/mol. The highest BCUT2D eigenvalue weighted by Gasteiger charge is 2.27. The Morgan fingerprint density at radius 3 is 2.45 bits per heavy atom. The van der Waals surface area contributed by atoms with Crippen LogP contribution in [0.15, 0.2) is 45.8 Å². The van der Waals surface area contributed by atoms with Crippen LogP contribution in [0.3, 0.4) is 0 Å². The fraction of sp³-hybridized carbons (Fsp3) is 0.500. The minimum atomic E-state index is -1.15. The van der Waals surface area contributed by atoms with Crippen LogP contribution in [0.1, 0.15) is 60.6 Å². The number of hydrogen-bond donors (Lipinski definition) is 3. The molecule has 1 aromatic heterocycles. The van der Waals surface area contributed by atoms with Gasteiger partial charge in [-0.1, -0.05) is 12.1 Å². The van der Waals surface area contributed by atoms with Crippen molar-refractivity contribution in [3.63, 3.8) is 0 Å². The monoisotopic (exact) mass is 426 g/mol.